The average Bonchev–Trinajstić information content (AvgIpc) is 3.16. The van der Waals surface area contributed by atoms with Crippen LogP contribution in [-0.2, 0) is 11.3 Å². The number of carbonyl (C=O) groups excluding carboxylic acids is 1. The number of hydrogen-bond acceptors (Lipinski definition) is 5. The number of carbonyl (C=O) groups is 1. The summed E-state index contributed by atoms with van der Waals surface area (Å²) < 4.78 is 7.37. The van der Waals surface area contributed by atoms with Crippen molar-refractivity contribution in [3.05, 3.63) is 42.1 Å². The summed E-state index contributed by atoms with van der Waals surface area (Å²) in [6, 6.07) is 4.06. The van der Waals surface area contributed by atoms with Crippen molar-refractivity contribution in [2.24, 2.45) is 5.92 Å². The van der Waals surface area contributed by atoms with Crippen molar-refractivity contribution >= 4 is 11.7 Å². The fourth-order valence-corrected chi connectivity index (χ4v) is 3.55. The molecule has 2 aromatic heterocycles. The van der Waals surface area contributed by atoms with Crippen LogP contribution in [0, 0.1) is 5.92 Å². The van der Waals surface area contributed by atoms with Crippen molar-refractivity contribution in [1.82, 2.24) is 19.4 Å². The molecular formula is C20H29N5O2. The van der Waals surface area contributed by atoms with Crippen LogP contribution in [0.25, 0.3) is 0 Å². The van der Waals surface area contributed by atoms with Crippen LogP contribution >= 0.6 is 0 Å². The van der Waals surface area contributed by atoms with Crippen molar-refractivity contribution in [3.63, 3.8) is 0 Å². The van der Waals surface area contributed by atoms with E-state index in [4.69, 9.17) is 4.74 Å². The Bertz CT molecular complexity index is 739. The number of pyridine rings is 1. The number of methoxy groups -OCH3 is 1. The second kappa shape index (κ2) is 8.99. The monoisotopic (exact) mass is 371 g/mol. The normalized spacial score (nSPS) is 17.3. The number of nitrogens with zero attached hydrogens (tertiary/aromatic N) is 4. The molecule has 146 valence electrons. The van der Waals surface area contributed by atoms with Gasteiger partial charge in [-0.1, -0.05) is 0 Å². The average molecular weight is 371 g/mol. The van der Waals surface area contributed by atoms with Crippen LogP contribution in [0.3, 0.4) is 0 Å². The Morgan fingerprint density at radius 3 is 2.93 bits per heavy atom. The van der Waals surface area contributed by atoms with E-state index in [0.717, 1.165) is 37.6 Å². The fraction of sp³-hybridized carbons (Fsp3) is 0.550. The summed E-state index contributed by atoms with van der Waals surface area (Å²) in [6.07, 6.45) is 7.58. The van der Waals surface area contributed by atoms with Gasteiger partial charge < -0.3 is 19.5 Å². The van der Waals surface area contributed by atoms with E-state index in [9.17, 15) is 4.79 Å². The number of anilines is 1. The Morgan fingerprint density at radius 2 is 2.22 bits per heavy atom. The van der Waals surface area contributed by atoms with Crippen LogP contribution in [0.4, 0.5) is 5.82 Å². The Balaban J connectivity index is 1.58. The Morgan fingerprint density at radius 1 is 1.37 bits per heavy atom. The molecule has 3 heterocycles. The molecule has 0 spiro atoms. The van der Waals surface area contributed by atoms with Gasteiger partial charge in [-0.15, -0.1) is 0 Å². The molecule has 1 aliphatic heterocycles. The summed E-state index contributed by atoms with van der Waals surface area (Å²) in [5, 5.41) is 3.28. The second-order valence-electron chi connectivity index (χ2n) is 7.34. The van der Waals surface area contributed by atoms with Crippen molar-refractivity contribution in [2.45, 2.75) is 39.3 Å². The molecule has 3 rings (SSSR count). The predicted molar refractivity (Wildman–Crippen MR) is 105 cm³/mol. The van der Waals surface area contributed by atoms with Crippen molar-refractivity contribution in [3.8, 4) is 0 Å². The molecule has 1 fully saturated rings. The highest BCUT2D eigenvalue weighted by Gasteiger charge is 2.24. The molecule has 27 heavy (non-hydrogen) atoms. The first kappa shape index (κ1) is 19.4. The zero-order valence-corrected chi connectivity index (χ0v) is 16.4. The van der Waals surface area contributed by atoms with Gasteiger partial charge in [-0.3, -0.25) is 4.79 Å². The summed E-state index contributed by atoms with van der Waals surface area (Å²) in [5.41, 5.74) is 0.627. The molecule has 0 bridgehead atoms. The van der Waals surface area contributed by atoms with E-state index >= 15 is 0 Å². The lowest BCUT2D eigenvalue weighted by atomic mass is 9.98. The third kappa shape index (κ3) is 4.86. The summed E-state index contributed by atoms with van der Waals surface area (Å²) in [4.78, 5) is 23.4. The molecule has 1 N–H and O–H groups in total. The van der Waals surface area contributed by atoms with E-state index in [2.05, 4.69) is 33.7 Å². The minimum Gasteiger partial charge on any atom is -0.384 e. The maximum Gasteiger partial charge on any atom is 0.255 e. The summed E-state index contributed by atoms with van der Waals surface area (Å²) in [5.74, 6) is 2.17. The zero-order chi connectivity index (χ0) is 19.2. The molecule has 1 amide bonds. The van der Waals surface area contributed by atoms with Gasteiger partial charge in [0.15, 0.2) is 0 Å². The first-order chi connectivity index (χ1) is 13.1. The quantitative estimate of drug-likeness (QED) is 0.810. The molecule has 0 aromatic carbocycles. The highest BCUT2D eigenvalue weighted by Crippen LogP contribution is 2.19. The number of rotatable bonds is 7. The number of imidazole rings is 1. The van der Waals surface area contributed by atoms with Gasteiger partial charge in [0.25, 0.3) is 5.91 Å². The van der Waals surface area contributed by atoms with E-state index in [0.29, 0.717) is 30.7 Å². The second-order valence-corrected chi connectivity index (χ2v) is 7.34. The Kier molecular flexibility index (Phi) is 6.45. The molecule has 1 aliphatic rings. The first-order valence-corrected chi connectivity index (χ1v) is 9.58. The van der Waals surface area contributed by atoms with E-state index in [1.165, 1.54) is 0 Å². The van der Waals surface area contributed by atoms with E-state index < -0.39 is 0 Å². The van der Waals surface area contributed by atoms with Gasteiger partial charge >= 0.3 is 0 Å². The number of piperidine rings is 1. The number of ether oxygens (including phenoxy) is 1. The molecule has 0 unspecified atom stereocenters. The minimum atomic E-state index is 0.0465. The van der Waals surface area contributed by atoms with Gasteiger partial charge in [-0.2, -0.15) is 0 Å². The summed E-state index contributed by atoms with van der Waals surface area (Å²) in [6.45, 7) is 7.11. The van der Waals surface area contributed by atoms with Crippen LogP contribution in [0.15, 0.2) is 30.7 Å². The van der Waals surface area contributed by atoms with Crippen LogP contribution in [-0.4, -0.2) is 52.1 Å². The lowest BCUT2D eigenvalue weighted by Crippen LogP contribution is -2.41. The lowest BCUT2D eigenvalue weighted by Gasteiger charge is -2.32. The molecule has 1 saturated heterocycles. The van der Waals surface area contributed by atoms with Gasteiger partial charge in [-0.25, -0.2) is 9.97 Å². The van der Waals surface area contributed by atoms with Crippen molar-refractivity contribution < 1.29 is 9.53 Å². The van der Waals surface area contributed by atoms with Gasteiger partial charge in [0.2, 0.25) is 0 Å². The lowest BCUT2D eigenvalue weighted by molar-refractivity contribution is 0.0570. The minimum absolute atomic E-state index is 0.0465. The van der Waals surface area contributed by atoms with Gasteiger partial charge in [0.05, 0.1) is 18.7 Å². The van der Waals surface area contributed by atoms with Crippen molar-refractivity contribution in [1.29, 1.82) is 0 Å². The zero-order valence-electron chi connectivity index (χ0n) is 16.4. The van der Waals surface area contributed by atoms with Crippen LogP contribution < -0.4 is 5.32 Å². The Labute approximate surface area is 160 Å². The highest BCUT2D eigenvalue weighted by atomic mass is 16.5. The number of aromatic nitrogens is 3. The van der Waals surface area contributed by atoms with Crippen molar-refractivity contribution in [2.75, 3.05) is 32.1 Å². The van der Waals surface area contributed by atoms with Gasteiger partial charge in [-0.05, 0) is 44.7 Å². The fourth-order valence-electron chi connectivity index (χ4n) is 3.55. The molecule has 0 radical (unpaired) electrons. The number of nitrogens with one attached hydrogen (secondary N) is 1. The third-order valence-electron chi connectivity index (χ3n) is 4.95. The van der Waals surface area contributed by atoms with Gasteiger partial charge in [0.1, 0.15) is 11.6 Å². The maximum absolute atomic E-state index is 12.7. The predicted octanol–water partition coefficient (Wildman–Crippen LogP) is 2.97. The summed E-state index contributed by atoms with van der Waals surface area (Å²) in [7, 11) is 1.71. The largest absolute Gasteiger partial charge is 0.384 e. The smallest absolute Gasteiger partial charge is 0.255 e. The summed E-state index contributed by atoms with van der Waals surface area (Å²) >= 11 is 0. The number of amides is 1. The molecule has 7 nitrogen and oxygen atoms in total. The first-order valence-electron chi connectivity index (χ1n) is 9.58. The molecule has 0 saturated carbocycles. The molecular weight excluding hydrogens is 342 g/mol. The van der Waals surface area contributed by atoms with E-state index in [1.54, 1.807) is 13.3 Å². The highest BCUT2D eigenvalue weighted by molar-refractivity contribution is 5.94. The SMILES string of the molecule is COC[C@H]1CCCN(C(=O)c2ccc(NCc3nccn3C(C)C)nc2)C1. The van der Waals surface area contributed by atoms with E-state index in [-0.39, 0.29) is 5.91 Å². The molecule has 7 heteroatoms. The maximum atomic E-state index is 12.7. The third-order valence-corrected chi connectivity index (χ3v) is 4.95. The van der Waals surface area contributed by atoms with Crippen LogP contribution in [0.1, 0.15) is 48.9 Å². The standard InChI is InChI=1S/C20H29N5O2/c1-15(2)25-10-8-21-19(25)12-23-18-7-6-17(11-22-18)20(26)24-9-4-5-16(13-24)14-27-3/h6-8,10-11,15-16H,4-5,9,12-14H2,1-3H3,(H,22,23)/t16-/m0/s1. The Hall–Kier alpha value is -2.41. The number of hydrogen-bond donors (Lipinski definition) is 1. The molecule has 1 atom stereocenters. The van der Waals surface area contributed by atoms with Crippen LogP contribution in [0.5, 0.6) is 0 Å². The number of likely N-dealkylation sites (tertiary alicyclic amines) is 1. The van der Waals surface area contributed by atoms with E-state index in [1.807, 2.05) is 29.4 Å². The topological polar surface area (TPSA) is 72.3 Å². The molecule has 0 aliphatic carbocycles. The van der Waals surface area contributed by atoms with Crippen LogP contribution in [0.2, 0.25) is 0 Å². The van der Waals surface area contributed by atoms with Gasteiger partial charge in [0, 0.05) is 44.8 Å². The molecule has 2 aromatic rings.